The van der Waals surface area contributed by atoms with Crippen LogP contribution in [0.2, 0.25) is 0 Å². The Kier molecular flexibility index (Phi) is 7.84. The van der Waals surface area contributed by atoms with Gasteiger partial charge in [-0.3, -0.25) is 0 Å². The predicted molar refractivity (Wildman–Crippen MR) is 78.5 cm³/mol. The first-order valence-electron chi connectivity index (χ1n) is 6.95. The molecule has 0 spiro atoms. The molecule has 1 aromatic carbocycles. The van der Waals surface area contributed by atoms with Crippen molar-refractivity contribution in [2.24, 2.45) is 5.73 Å². The van der Waals surface area contributed by atoms with Crippen molar-refractivity contribution in [3.63, 3.8) is 0 Å². The van der Waals surface area contributed by atoms with Crippen molar-refractivity contribution in [3.8, 4) is 17.2 Å². The SMILES string of the molecule is COc1cc(CN)cc(OC)c1OCCCCCCO. The molecule has 0 saturated carbocycles. The molecule has 0 radical (unpaired) electrons. The van der Waals surface area contributed by atoms with Crippen LogP contribution in [0.4, 0.5) is 0 Å². The molecule has 114 valence electrons. The average Bonchev–Trinajstić information content (AvgIpc) is 2.50. The number of hydrogen-bond acceptors (Lipinski definition) is 5. The first-order chi connectivity index (χ1) is 9.76. The van der Waals surface area contributed by atoms with Crippen LogP contribution in [-0.2, 0) is 6.54 Å². The zero-order valence-electron chi connectivity index (χ0n) is 12.4. The zero-order valence-corrected chi connectivity index (χ0v) is 12.4. The smallest absolute Gasteiger partial charge is 0.203 e. The molecule has 0 fully saturated rings. The largest absolute Gasteiger partial charge is 0.493 e. The van der Waals surface area contributed by atoms with Crippen LogP contribution in [0, 0.1) is 0 Å². The number of nitrogens with two attached hydrogens (primary N) is 1. The first kappa shape index (κ1) is 16.6. The number of methoxy groups -OCH3 is 2. The summed E-state index contributed by atoms with van der Waals surface area (Å²) in [6.07, 6.45) is 3.83. The maximum Gasteiger partial charge on any atom is 0.203 e. The van der Waals surface area contributed by atoms with Crippen molar-refractivity contribution in [1.29, 1.82) is 0 Å². The molecule has 5 heteroatoms. The van der Waals surface area contributed by atoms with Crippen molar-refractivity contribution in [2.75, 3.05) is 27.4 Å². The van der Waals surface area contributed by atoms with E-state index in [9.17, 15) is 0 Å². The topological polar surface area (TPSA) is 73.9 Å². The van der Waals surface area contributed by atoms with Crippen molar-refractivity contribution >= 4 is 0 Å². The molecule has 0 aromatic heterocycles. The number of benzene rings is 1. The zero-order chi connectivity index (χ0) is 14.8. The molecule has 0 amide bonds. The Labute approximate surface area is 120 Å². The molecule has 0 bridgehead atoms. The Bertz CT molecular complexity index is 370. The Morgan fingerprint density at radius 3 is 2.10 bits per heavy atom. The highest BCUT2D eigenvalue weighted by Crippen LogP contribution is 2.38. The third-order valence-corrected chi connectivity index (χ3v) is 3.05. The Morgan fingerprint density at radius 2 is 1.60 bits per heavy atom. The minimum atomic E-state index is 0.253. The second-order valence-corrected chi connectivity index (χ2v) is 4.52. The van der Waals surface area contributed by atoms with E-state index in [1.54, 1.807) is 14.2 Å². The minimum Gasteiger partial charge on any atom is -0.493 e. The number of aliphatic hydroxyl groups is 1. The Morgan fingerprint density at radius 1 is 1.00 bits per heavy atom. The van der Waals surface area contributed by atoms with E-state index in [1.807, 2.05) is 12.1 Å². The van der Waals surface area contributed by atoms with E-state index in [1.165, 1.54) is 0 Å². The molecular weight excluding hydrogens is 258 g/mol. The molecule has 1 aromatic rings. The van der Waals surface area contributed by atoms with Gasteiger partial charge < -0.3 is 25.1 Å². The van der Waals surface area contributed by atoms with Gasteiger partial charge in [-0.2, -0.15) is 0 Å². The van der Waals surface area contributed by atoms with E-state index in [0.29, 0.717) is 30.4 Å². The number of rotatable bonds is 10. The maximum absolute atomic E-state index is 8.71. The van der Waals surface area contributed by atoms with Gasteiger partial charge in [0.15, 0.2) is 11.5 Å². The number of unbranched alkanes of at least 4 members (excludes halogenated alkanes) is 3. The van der Waals surface area contributed by atoms with Gasteiger partial charge in [0.2, 0.25) is 5.75 Å². The summed E-state index contributed by atoms with van der Waals surface area (Å²) in [5.41, 5.74) is 6.58. The molecule has 0 unspecified atom stereocenters. The summed E-state index contributed by atoms with van der Waals surface area (Å²) >= 11 is 0. The molecule has 0 aliphatic heterocycles. The fraction of sp³-hybridized carbons (Fsp3) is 0.600. The monoisotopic (exact) mass is 283 g/mol. The maximum atomic E-state index is 8.71. The number of ether oxygens (including phenoxy) is 3. The lowest BCUT2D eigenvalue weighted by Crippen LogP contribution is -2.04. The van der Waals surface area contributed by atoms with Crippen molar-refractivity contribution in [2.45, 2.75) is 32.2 Å². The van der Waals surface area contributed by atoms with Gasteiger partial charge in [0.05, 0.1) is 20.8 Å². The van der Waals surface area contributed by atoms with Gasteiger partial charge in [-0.1, -0.05) is 6.42 Å². The summed E-state index contributed by atoms with van der Waals surface area (Å²) in [5.74, 6) is 1.90. The highest BCUT2D eigenvalue weighted by Gasteiger charge is 2.13. The molecular formula is C15H25NO4. The van der Waals surface area contributed by atoms with E-state index in [0.717, 1.165) is 31.2 Å². The van der Waals surface area contributed by atoms with Crippen molar-refractivity contribution in [1.82, 2.24) is 0 Å². The third kappa shape index (κ3) is 4.90. The fourth-order valence-electron chi connectivity index (χ4n) is 1.94. The number of hydrogen-bond donors (Lipinski definition) is 2. The molecule has 0 aliphatic carbocycles. The van der Waals surface area contributed by atoms with Crippen LogP contribution in [0.25, 0.3) is 0 Å². The van der Waals surface area contributed by atoms with Gasteiger partial charge in [-0.05, 0) is 37.0 Å². The standard InChI is InChI=1S/C15H25NO4/c1-18-13-9-12(11-16)10-14(19-2)15(13)20-8-6-4-3-5-7-17/h9-10,17H,3-8,11,16H2,1-2H3. The van der Waals surface area contributed by atoms with E-state index < -0.39 is 0 Å². The average molecular weight is 283 g/mol. The lowest BCUT2D eigenvalue weighted by molar-refractivity contribution is 0.259. The summed E-state index contributed by atoms with van der Waals surface area (Å²) in [5, 5.41) is 8.71. The Hall–Kier alpha value is -1.46. The van der Waals surface area contributed by atoms with Gasteiger partial charge >= 0.3 is 0 Å². The van der Waals surface area contributed by atoms with Gasteiger partial charge in [0.25, 0.3) is 0 Å². The lowest BCUT2D eigenvalue weighted by Gasteiger charge is -2.15. The van der Waals surface area contributed by atoms with E-state index in [4.69, 9.17) is 25.1 Å². The first-order valence-corrected chi connectivity index (χ1v) is 6.95. The van der Waals surface area contributed by atoms with Crippen LogP contribution >= 0.6 is 0 Å². The van der Waals surface area contributed by atoms with Crippen LogP contribution in [0.15, 0.2) is 12.1 Å². The molecule has 0 heterocycles. The lowest BCUT2D eigenvalue weighted by atomic mass is 10.2. The van der Waals surface area contributed by atoms with Crippen LogP contribution < -0.4 is 19.9 Å². The molecule has 1 rings (SSSR count). The summed E-state index contributed by atoms with van der Waals surface area (Å²) in [7, 11) is 3.20. The van der Waals surface area contributed by atoms with E-state index in [2.05, 4.69) is 0 Å². The van der Waals surface area contributed by atoms with E-state index >= 15 is 0 Å². The fourth-order valence-corrected chi connectivity index (χ4v) is 1.94. The van der Waals surface area contributed by atoms with Crippen molar-refractivity contribution in [3.05, 3.63) is 17.7 Å². The molecule has 0 atom stereocenters. The van der Waals surface area contributed by atoms with Crippen LogP contribution in [-0.4, -0.2) is 32.5 Å². The molecule has 0 saturated heterocycles. The summed E-state index contributed by atoms with van der Waals surface area (Å²) < 4.78 is 16.4. The molecule has 5 nitrogen and oxygen atoms in total. The predicted octanol–water partition coefficient (Wildman–Crippen LogP) is 2.09. The second kappa shape index (κ2) is 9.44. The normalized spacial score (nSPS) is 10.4. The van der Waals surface area contributed by atoms with Crippen LogP contribution in [0.5, 0.6) is 17.2 Å². The van der Waals surface area contributed by atoms with E-state index in [-0.39, 0.29) is 6.61 Å². The molecule has 3 N–H and O–H groups in total. The molecule has 20 heavy (non-hydrogen) atoms. The van der Waals surface area contributed by atoms with Gasteiger partial charge in [0, 0.05) is 13.2 Å². The highest BCUT2D eigenvalue weighted by molar-refractivity contribution is 5.53. The van der Waals surface area contributed by atoms with Crippen LogP contribution in [0.1, 0.15) is 31.2 Å². The van der Waals surface area contributed by atoms with Gasteiger partial charge in [-0.15, -0.1) is 0 Å². The summed E-state index contributed by atoms with van der Waals surface area (Å²) in [6, 6.07) is 3.73. The minimum absolute atomic E-state index is 0.253. The summed E-state index contributed by atoms with van der Waals surface area (Å²) in [6.45, 7) is 1.28. The van der Waals surface area contributed by atoms with Crippen LogP contribution in [0.3, 0.4) is 0 Å². The Balaban J connectivity index is 2.63. The molecule has 0 aliphatic rings. The number of aliphatic hydroxyl groups excluding tert-OH is 1. The third-order valence-electron chi connectivity index (χ3n) is 3.05. The van der Waals surface area contributed by atoms with Crippen molar-refractivity contribution < 1.29 is 19.3 Å². The second-order valence-electron chi connectivity index (χ2n) is 4.52. The van der Waals surface area contributed by atoms with Gasteiger partial charge in [-0.25, -0.2) is 0 Å². The summed E-state index contributed by atoms with van der Waals surface area (Å²) in [4.78, 5) is 0. The van der Waals surface area contributed by atoms with Gasteiger partial charge in [0.1, 0.15) is 0 Å². The quantitative estimate of drug-likeness (QED) is 0.643. The highest BCUT2D eigenvalue weighted by atomic mass is 16.5.